The molecule has 1 fully saturated rings. The number of aliphatic hydroxyl groups is 3. The van der Waals surface area contributed by atoms with Crippen molar-refractivity contribution in [2.24, 2.45) is 0 Å². The van der Waals surface area contributed by atoms with Crippen LogP contribution in [-0.4, -0.2) is 95.2 Å². The molecule has 0 aromatic heterocycles. The van der Waals surface area contributed by atoms with Gasteiger partial charge >= 0.3 is 11.9 Å². The van der Waals surface area contributed by atoms with Crippen molar-refractivity contribution in [2.45, 2.75) is 30.7 Å². The summed E-state index contributed by atoms with van der Waals surface area (Å²) >= 11 is 0. The molecule has 1 aliphatic heterocycles. The van der Waals surface area contributed by atoms with Crippen LogP contribution in [0.4, 0.5) is 0 Å². The number of aromatic hydroxyl groups is 5. The van der Waals surface area contributed by atoms with Gasteiger partial charge in [-0.2, -0.15) is 0 Å². The molecule has 0 aliphatic carbocycles. The minimum atomic E-state index is -1.94. The molecule has 1 aliphatic rings. The van der Waals surface area contributed by atoms with E-state index in [1.165, 1.54) is 0 Å². The second kappa shape index (κ2) is 9.48. The van der Waals surface area contributed by atoms with Crippen molar-refractivity contribution in [3.05, 3.63) is 35.4 Å². The summed E-state index contributed by atoms with van der Waals surface area (Å²) in [5.41, 5.74) is -0.888. The van der Waals surface area contributed by atoms with Crippen LogP contribution >= 0.6 is 0 Å². The van der Waals surface area contributed by atoms with Gasteiger partial charge in [-0.3, -0.25) is 0 Å². The number of phenols is 5. The third kappa shape index (κ3) is 4.84. The third-order valence-electron chi connectivity index (χ3n) is 4.90. The van der Waals surface area contributed by atoms with Gasteiger partial charge in [-0.05, 0) is 24.3 Å². The average Bonchev–Trinajstić information content (AvgIpc) is 2.78. The summed E-state index contributed by atoms with van der Waals surface area (Å²) in [4.78, 5) is 23.4. The number of carboxylic acids is 1. The number of aliphatic hydroxyl groups excluding tert-OH is 3. The number of hydrogen-bond donors (Lipinski definition) is 9. The van der Waals surface area contributed by atoms with Crippen LogP contribution in [0.25, 0.3) is 0 Å². The lowest BCUT2D eigenvalue weighted by Crippen LogP contribution is -2.59. The number of ether oxygens (including phenoxy) is 3. The topological polar surface area (TPSA) is 244 Å². The molecule has 14 nitrogen and oxygen atoms in total. The summed E-state index contributed by atoms with van der Waals surface area (Å²) < 4.78 is 15.4. The highest BCUT2D eigenvalue weighted by atomic mass is 16.7. The molecule has 1 heterocycles. The smallest absolute Gasteiger partial charge is 0.340 e. The Kier molecular flexibility index (Phi) is 6.88. The summed E-state index contributed by atoms with van der Waals surface area (Å²) in [6.45, 7) is -0.671. The number of benzene rings is 2. The highest BCUT2D eigenvalue weighted by Gasteiger charge is 2.46. The molecule has 9 N–H and O–H groups in total. The first-order chi connectivity index (χ1) is 15.9. The largest absolute Gasteiger partial charge is 0.504 e. The monoisotopic (exact) mass is 484 g/mol. The van der Waals surface area contributed by atoms with E-state index in [1.807, 2.05) is 0 Å². The zero-order valence-electron chi connectivity index (χ0n) is 17.0. The standard InChI is InChI=1S/C20H20O14/c21-8-2-7(3-9(22)13(8)24)19(31)34-20-17(28)16(27)15(26)12(33-20)5-32-11-4-6(18(29)30)1-10(23)14(11)25/h1-4,12,15-17,20-28H,5H2,(H,29,30)/t12-,15-,16+,17-,20+/m1/s1. The summed E-state index contributed by atoms with van der Waals surface area (Å²) in [5.74, 6) is -7.38. The van der Waals surface area contributed by atoms with Gasteiger partial charge in [0.15, 0.2) is 28.7 Å². The number of aromatic carboxylic acids is 1. The molecule has 0 unspecified atom stereocenters. The SMILES string of the molecule is O=C(O)c1cc(O)c(O)c(OC[C@H]2O[C@@H](OC(=O)c3cc(O)c(O)c(O)c3)[C@H](O)[C@@H](O)[C@@H]2O)c1. The van der Waals surface area contributed by atoms with Crippen LogP contribution in [0.2, 0.25) is 0 Å². The molecule has 1 saturated heterocycles. The maximum Gasteiger partial charge on any atom is 0.340 e. The van der Waals surface area contributed by atoms with Gasteiger partial charge in [0.2, 0.25) is 12.0 Å². The molecule has 0 amide bonds. The van der Waals surface area contributed by atoms with Crippen molar-refractivity contribution in [1.82, 2.24) is 0 Å². The second-order valence-corrected chi connectivity index (χ2v) is 7.24. The van der Waals surface area contributed by atoms with Gasteiger partial charge in [-0.15, -0.1) is 0 Å². The fourth-order valence-corrected chi connectivity index (χ4v) is 3.05. The Hall–Kier alpha value is -3.98. The third-order valence-corrected chi connectivity index (χ3v) is 4.90. The first-order valence-corrected chi connectivity index (χ1v) is 9.48. The van der Waals surface area contributed by atoms with Crippen molar-refractivity contribution in [3.8, 4) is 34.5 Å². The number of phenolic OH excluding ortho intramolecular Hbond substituents is 5. The highest BCUT2D eigenvalue weighted by molar-refractivity contribution is 5.91. The molecule has 0 bridgehead atoms. The van der Waals surface area contributed by atoms with Crippen molar-refractivity contribution in [2.75, 3.05) is 6.61 Å². The number of carbonyl (C=O) groups excluding carboxylic acids is 1. The Labute approximate surface area is 189 Å². The molecule has 2 aromatic carbocycles. The predicted molar refractivity (Wildman–Crippen MR) is 106 cm³/mol. The molecule has 0 radical (unpaired) electrons. The lowest BCUT2D eigenvalue weighted by Gasteiger charge is -2.39. The van der Waals surface area contributed by atoms with Crippen LogP contribution in [0.3, 0.4) is 0 Å². The molecule has 5 atom stereocenters. The van der Waals surface area contributed by atoms with Crippen LogP contribution in [0.5, 0.6) is 34.5 Å². The van der Waals surface area contributed by atoms with Crippen molar-refractivity contribution < 1.29 is 69.8 Å². The Morgan fingerprint density at radius 3 is 1.94 bits per heavy atom. The molecule has 2 aromatic rings. The van der Waals surface area contributed by atoms with Crippen LogP contribution in [0, 0.1) is 0 Å². The molecule has 184 valence electrons. The summed E-state index contributed by atoms with van der Waals surface area (Å²) in [5, 5.41) is 87.3. The first kappa shape index (κ1) is 24.7. The van der Waals surface area contributed by atoms with Gasteiger partial charge < -0.3 is 60.2 Å². The highest BCUT2D eigenvalue weighted by Crippen LogP contribution is 2.38. The zero-order valence-corrected chi connectivity index (χ0v) is 17.0. The minimum Gasteiger partial charge on any atom is -0.504 e. The quantitative estimate of drug-likeness (QED) is 0.176. The van der Waals surface area contributed by atoms with Crippen LogP contribution < -0.4 is 4.74 Å². The van der Waals surface area contributed by atoms with E-state index in [9.17, 15) is 50.4 Å². The summed E-state index contributed by atoms with van der Waals surface area (Å²) in [6, 6.07) is 3.15. The van der Waals surface area contributed by atoms with Crippen molar-refractivity contribution in [1.29, 1.82) is 0 Å². The fraction of sp³-hybridized carbons (Fsp3) is 0.300. The van der Waals surface area contributed by atoms with Crippen molar-refractivity contribution >= 4 is 11.9 Å². The van der Waals surface area contributed by atoms with Crippen LogP contribution in [0.1, 0.15) is 20.7 Å². The van der Waals surface area contributed by atoms with Gasteiger partial charge in [0, 0.05) is 0 Å². The maximum atomic E-state index is 12.3. The molecule has 3 rings (SSSR count). The van der Waals surface area contributed by atoms with E-state index in [1.54, 1.807) is 0 Å². The van der Waals surface area contributed by atoms with Gasteiger partial charge in [0.25, 0.3) is 0 Å². The van der Waals surface area contributed by atoms with E-state index < -0.39 is 94.9 Å². The molecule has 0 spiro atoms. The molecule has 0 saturated carbocycles. The van der Waals surface area contributed by atoms with Gasteiger partial charge in [-0.25, -0.2) is 9.59 Å². The second-order valence-electron chi connectivity index (χ2n) is 7.24. The average molecular weight is 484 g/mol. The van der Waals surface area contributed by atoms with E-state index in [-0.39, 0.29) is 0 Å². The summed E-state index contributed by atoms with van der Waals surface area (Å²) in [6.07, 6.45) is -9.01. The van der Waals surface area contributed by atoms with E-state index in [0.717, 1.165) is 24.3 Å². The molecular weight excluding hydrogens is 464 g/mol. The Morgan fingerprint density at radius 2 is 1.35 bits per heavy atom. The number of carbonyl (C=O) groups is 2. The lowest BCUT2D eigenvalue weighted by atomic mass is 9.99. The lowest BCUT2D eigenvalue weighted by molar-refractivity contribution is -0.284. The Bertz CT molecular complexity index is 1080. The van der Waals surface area contributed by atoms with E-state index in [2.05, 4.69) is 0 Å². The van der Waals surface area contributed by atoms with Crippen LogP contribution in [0.15, 0.2) is 24.3 Å². The Balaban J connectivity index is 1.75. The molecule has 14 heteroatoms. The predicted octanol–water partition coefficient (Wildman–Crippen LogP) is -1.04. The Morgan fingerprint density at radius 1 is 0.794 bits per heavy atom. The normalized spacial score (nSPS) is 24.4. The van der Waals surface area contributed by atoms with Gasteiger partial charge in [0.05, 0.1) is 11.1 Å². The fourth-order valence-electron chi connectivity index (χ4n) is 3.05. The van der Waals surface area contributed by atoms with E-state index in [4.69, 9.17) is 19.3 Å². The van der Waals surface area contributed by atoms with Crippen LogP contribution in [-0.2, 0) is 9.47 Å². The van der Waals surface area contributed by atoms with Gasteiger partial charge in [-0.1, -0.05) is 0 Å². The minimum absolute atomic E-state index is 0.432. The number of esters is 1. The number of hydrogen-bond acceptors (Lipinski definition) is 13. The van der Waals surface area contributed by atoms with E-state index >= 15 is 0 Å². The molecule has 34 heavy (non-hydrogen) atoms. The maximum absolute atomic E-state index is 12.3. The number of rotatable bonds is 6. The zero-order chi connectivity index (χ0) is 25.3. The first-order valence-electron chi connectivity index (χ1n) is 9.48. The van der Waals surface area contributed by atoms with Crippen molar-refractivity contribution in [3.63, 3.8) is 0 Å². The van der Waals surface area contributed by atoms with E-state index in [0.29, 0.717) is 0 Å². The number of carboxylic acid groups (broad SMARTS) is 1. The molecular formula is C20H20O14. The van der Waals surface area contributed by atoms with Gasteiger partial charge in [0.1, 0.15) is 31.0 Å². The summed E-state index contributed by atoms with van der Waals surface area (Å²) in [7, 11) is 0.